The summed E-state index contributed by atoms with van der Waals surface area (Å²) in [5, 5.41) is 17.9. The third-order valence-corrected chi connectivity index (χ3v) is 10.1. The third kappa shape index (κ3) is 8.05. The standard InChI is InChI=1S/C34H44ClN9O5S2/c1-32(2,3)48-30(46)44(31(47)49-33(4,5)6)28-20(15-36)21(17-51-28)34(7)18-42(19-34)24-14-23(37-29(38-24)50-10)41-12-11-13-43-22(16-41)25(35)26(39-43)27(45)40(8)9/h14,17H,11-13,16,18-19H2,1-10H3. The number of thioether (sulfide) groups is 1. The van der Waals surface area contributed by atoms with E-state index in [1.807, 2.05) is 29.3 Å². The fourth-order valence-electron chi connectivity index (χ4n) is 5.89. The maximum absolute atomic E-state index is 13.4. The molecule has 274 valence electrons. The summed E-state index contributed by atoms with van der Waals surface area (Å²) in [4.78, 5) is 55.6. The Morgan fingerprint density at radius 2 is 1.61 bits per heavy atom. The number of halogens is 1. The molecule has 0 bridgehead atoms. The van der Waals surface area contributed by atoms with Gasteiger partial charge in [0.2, 0.25) is 0 Å². The summed E-state index contributed by atoms with van der Waals surface area (Å²) in [5.41, 5.74) is -0.327. The number of aromatic nitrogens is 4. The number of hydrogen-bond acceptors (Lipinski definition) is 13. The number of carbonyl (C=O) groups is 3. The van der Waals surface area contributed by atoms with Crippen molar-refractivity contribution in [1.29, 1.82) is 5.26 Å². The molecule has 0 saturated carbocycles. The SMILES string of the molecule is CSc1nc(N2CCCn3nc(C(=O)N(C)C)c(Cl)c3C2)cc(N2CC(C)(c3csc(N(C(=O)OC(C)(C)C)C(=O)OC(C)(C)C)c3C#N)C2)n1. The lowest BCUT2D eigenvalue weighted by atomic mass is 9.75. The van der Waals surface area contributed by atoms with E-state index in [0.29, 0.717) is 42.9 Å². The quantitative estimate of drug-likeness (QED) is 0.198. The number of thiophene rings is 1. The summed E-state index contributed by atoms with van der Waals surface area (Å²) in [7, 11) is 3.34. The van der Waals surface area contributed by atoms with Crippen molar-refractivity contribution in [1.82, 2.24) is 24.6 Å². The number of anilines is 3. The number of nitriles is 1. The first-order valence-electron chi connectivity index (χ1n) is 16.4. The number of fused-ring (bicyclic) bond motifs is 1. The van der Waals surface area contributed by atoms with Crippen molar-refractivity contribution in [3.05, 3.63) is 39.0 Å². The van der Waals surface area contributed by atoms with Crippen LogP contribution in [0.5, 0.6) is 0 Å². The molecule has 17 heteroatoms. The van der Waals surface area contributed by atoms with Crippen LogP contribution in [-0.4, -0.2) is 93.9 Å². The largest absolute Gasteiger partial charge is 0.443 e. The monoisotopic (exact) mass is 757 g/mol. The summed E-state index contributed by atoms with van der Waals surface area (Å²) in [6.45, 7) is 15.1. The van der Waals surface area contributed by atoms with Gasteiger partial charge >= 0.3 is 12.2 Å². The molecule has 0 aromatic carbocycles. The Morgan fingerprint density at radius 1 is 1.02 bits per heavy atom. The van der Waals surface area contributed by atoms with Crippen LogP contribution in [0.25, 0.3) is 0 Å². The van der Waals surface area contributed by atoms with Crippen LogP contribution < -0.4 is 14.7 Å². The highest BCUT2D eigenvalue weighted by Gasteiger charge is 2.46. The number of aryl methyl sites for hydroxylation is 1. The van der Waals surface area contributed by atoms with Gasteiger partial charge in [0.1, 0.15) is 33.9 Å². The Morgan fingerprint density at radius 3 is 2.14 bits per heavy atom. The van der Waals surface area contributed by atoms with Crippen molar-refractivity contribution in [2.45, 2.75) is 89.8 Å². The number of ether oxygens (including phenoxy) is 2. The van der Waals surface area contributed by atoms with Gasteiger partial charge in [-0.15, -0.1) is 11.3 Å². The number of rotatable bonds is 6. The topological polar surface area (TPSA) is 150 Å². The molecule has 51 heavy (non-hydrogen) atoms. The van der Waals surface area contributed by atoms with Gasteiger partial charge in [-0.2, -0.15) is 15.3 Å². The van der Waals surface area contributed by atoms with Crippen LogP contribution in [0, 0.1) is 11.3 Å². The minimum absolute atomic E-state index is 0.152. The number of hydrogen-bond donors (Lipinski definition) is 0. The molecule has 2 aliphatic heterocycles. The zero-order valence-corrected chi connectivity index (χ0v) is 33.0. The van der Waals surface area contributed by atoms with Crippen LogP contribution in [-0.2, 0) is 28.0 Å². The first kappa shape index (κ1) is 38.2. The van der Waals surface area contributed by atoms with Gasteiger partial charge in [0.05, 0.1) is 22.8 Å². The van der Waals surface area contributed by atoms with Crippen molar-refractivity contribution in [3.8, 4) is 6.07 Å². The molecule has 3 amide bonds. The summed E-state index contributed by atoms with van der Waals surface area (Å²) >= 11 is 9.29. The van der Waals surface area contributed by atoms with Crippen LogP contribution in [0.2, 0.25) is 5.02 Å². The Labute approximate surface area is 311 Å². The van der Waals surface area contributed by atoms with Crippen molar-refractivity contribution in [3.63, 3.8) is 0 Å². The minimum Gasteiger partial charge on any atom is -0.443 e. The fraction of sp³-hybridized carbons (Fsp3) is 0.559. The van der Waals surface area contributed by atoms with Crippen LogP contribution in [0.1, 0.15) is 82.2 Å². The van der Waals surface area contributed by atoms with Gasteiger partial charge in [-0.3, -0.25) is 9.48 Å². The van der Waals surface area contributed by atoms with Gasteiger partial charge in [-0.1, -0.05) is 30.3 Å². The van der Waals surface area contributed by atoms with Gasteiger partial charge in [0.15, 0.2) is 10.9 Å². The molecule has 0 radical (unpaired) electrons. The van der Waals surface area contributed by atoms with Gasteiger partial charge in [-0.05, 0) is 65.2 Å². The Hall–Kier alpha value is -4.07. The Balaban J connectivity index is 1.42. The van der Waals surface area contributed by atoms with Crippen molar-refractivity contribution in [2.75, 3.05) is 54.7 Å². The van der Waals surface area contributed by atoms with Gasteiger partial charge in [0, 0.05) is 51.8 Å². The Kier molecular flexibility index (Phi) is 10.6. The number of imide groups is 1. The van der Waals surface area contributed by atoms with Crippen LogP contribution in [0.4, 0.5) is 26.2 Å². The van der Waals surface area contributed by atoms with Gasteiger partial charge in [-0.25, -0.2) is 19.6 Å². The van der Waals surface area contributed by atoms with E-state index in [9.17, 15) is 19.6 Å². The summed E-state index contributed by atoms with van der Waals surface area (Å²) in [6.07, 6.45) is 0.860. The van der Waals surface area contributed by atoms with Crippen LogP contribution in [0.15, 0.2) is 16.6 Å². The van der Waals surface area contributed by atoms with E-state index in [0.717, 1.165) is 45.6 Å². The maximum Gasteiger partial charge on any atom is 0.425 e. The summed E-state index contributed by atoms with van der Waals surface area (Å²) in [5.74, 6) is 1.21. The molecule has 1 saturated heterocycles. The second-order valence-electron chi connectivity index (χ2n) is 15.0. The van der Waals surface area contributed by atoms with E-state index < -0.39 is 28.8 Å². The lowest BCUT2D eigenvalue weighted by Crippen LogP contribution is -2.58. The van der Waals surface area contributed by atoms with Gasteiger partial charge in [0.25, 0.3) is 5.91 Å². The number of nitrogens with zero attached hydrogens (tertiary/aromatic N) is 9. The van der Waals surface area contributed by atoms with Crippen molar-refractivity contribution >= 4 is 69.4 Å². The second-order valence-corrected chi connectivity index (χ2v) is 17.0. The molecule has 3 aromatic rings. The molecular weight excluding hydrogens is 714 g/mol. The molecule has 1 fully saturated rings. The third-order valence-electron chi connectivity index (χ3n) is 8.22. The summed E-state index contributed by atoms with van der Waals surface area (Å²) < 4.78 is 12.9. The number of carbonyl (C=O) groups excluding carboxylic acids is 3. The second kappa shape index (κ2) is 14.2. The minimum atomic E-state index is -0.918. The van der Waals surface area contributed by atoms with Crippen molar-refractivity contribution < 1.29 is 23.9 Å². The lowest BCUT2D eigenvalue weighted by molar-refractivity contribution is 0.0431. The van der Waals surface area contributed by atoms with E-state index in [1.165, 1.54) is 16.7 Å². The van der Waals surface area contributed by atoms with Gasteiger partial charge < -0.3 is 24.2 Å². The Bertz CT molecular complexity index is 1860. The fourth-order valence-corrected chi connectivity index (χ4v) is 7.70. The number of amides is 3. The highest BCUT2D eigenvalue weighted by molar-refractivity contribution is 7.98. The van der Waals surface area contributed by atoms with Crippen LogP contribution in [0.3, 0.4) is 0 Å². The molecule has 0 spiro atoms. The maximum atomic E-state index is 13.4. The molecular formula is C34H44ClN9O5S2. The highest BCUT2D eigenvalue weighted by Crippen LogP contribution is 2.45. The lowest BCUT2D eigenvalue weighted by Gasteiger charge is -2.49. The first-order valence-corrected chi connectivity index (χ1v) is 18.9. The average Bonchev–Trinajstić information content (AvgIpc) is 3.48. The highest BCUT2D eigenvalue weighted by atomic mass is 35.5. The van der Waals surface area contributed by atoms with E-state index in [4.69, 9.17) is 31.0 Å². The molecule has 0 aliphatic carbocycles. The zero-order chi connectivity index (χ0) is 37.6. The zero-order valence-electron chi connectivity index (χ0n) is 30.7. The molecule has 14 nitrogen and oxygen atoms in total. The molecule has 5 heterocycles. The van der Waals surface area contributed by atoms with E-state index in [2.05, 4.69) is 21.0 Å². The van der Waals surface area contributed by atoms with Crippen LogP contribution >= 0.6 is 34.7 Å². The molecule has 0 unspecified atom stereocenters. The normalized spacial score (nSPS) is 15.6. The first-order chi connectivity index (χ1) is 23.7. The summed E-state index contributed by atoms with van der Waals surface area (Å²) in [6, 6.07) is 4.20. The smallest absolute Gasteiger partial charge is 0.425 e. The van der Waals surface area contributed by atoms with E-state index >= 15 is 0 Å². The average molecular weight is 758 g/mol. The predicted molar refractivity (Wildman–Crippen MR) is 198 cm³/mol. The molecule has 2 aliphatic rings. The van der Waals surface area contributed by atoms with E-state index in [-0.39, 0.29) is 22.2 Å². The van der Waals surface area contributed by atoms with Crippen molar-refractivity contribution in [2.24, 2.45) is 0 Å². The molecule has 5 rings (SSSR count). The predicted octanol–water partition coefficient (Wildman–Crippen LogP) is 6.55. The molecule has 0 atom stereocenters. The molecule has 3 aromatic heterocycles. The van der Waals surface area contributed by atoms with E-state index in [1.54, 1.807) is 55.6 Å². The molecule has 0 N–H and O–H groups in total.